The molecule has 0 spiro atoms. The lowest BCUT2D eigenvalue weighted by atomic mass is 10.1. The van der Waals surface area contributed by atoms with Gasteiger partial charge in [-0.2, -0.15) is 0 Å². The number of aryl methyl sites for hydroxylation is 2. The zero-order valence-electron chi connectivity index (χ0n) is 8.64. The lowest BCUT2D eigenvalue weighted by Crippen LogP contribution is -2.01. The van der Waals surface area contributed by atoms with Gasteiger partial charge in [0.05, 0.1) is 0 Å². The maximum Gasteiger partial charge on any atom is 0.263 e. The predicted octanol–water partition coefficient (Wildman–Crippen LogP) is 4.25. The average Bonchev–Trinajstić information content (AvgIpc) is 2.68. The van der Waals surface area contributed by atoms with E-state index in [0.29, 0.717) is 20.9 Å². The summed E-state index contributed by atoms with van der Waals surface area (Å²) >= 11 is 6.38. The molecule has 0 unspecified atom stereocenters. The molecule has 0 N–H and O–H groups in total. The summed E-state index contributed by atoms with van der Waals surface area (Å²) in [5.41, 5.74) is 1.56. The number of halogens is 2. The standard InChI is InChI=1S/C11H8Br2O3/c1-5-3-7(12)15-10(5)9(14)11-6(2)4-8(13)16-11/h3-4H,1-2H3. The molecule has 3 nitrogen and oxygen atoms in total. The van der Waals surface area contributed by atoms with E-state index in [1.54, 1.807) is 12.1 Å². The van der Waals surface area contributed by atoms with Crippen LogP contribution in [0.3, 0.4) is 0 Å². The van der Waals surface area contributed by atoms with Gasteiger partial charge in [-0.1, -0.05) is 0 Å². The molecule has 0 saturated heterocycles. The zero-order chi connectivity index (χ0) is 11.9. The van der Waals surface area contributed by atoms with Crippen LogP contribution in [-0.2, 0) is 0 Å². The third kappa shape index (κ3) is 2.01. The third-order valence-corrected chi connectivity index (χ3v) is 2.97. The van der Waals surface area contributed by atoms with Crippen molar-refractivity contribution in [1.82, 2.24) is 0 Å². The van der Waals surface area contributed by atoms with Crippen molar-refractivity contribution in [1.29, 1.82) is 0 Å². The molecule has 0 aliphatic rings. The minimum Gasteiger partial charge on any atom is -0.445 e. The summed E-state index contributed by atoms with van der Waals surface area (Å²) in [6, 6.07) is 3.50. The molecule has 16 heavy (non-hydrogen) atoms. The molecule has 84 valence electrons. The highest BCUT2D eigenvalue weighted by Gasteiger charge is 2.22. The number of rotatable bonds is 2. The third-order valence-electron chi connectivity index (χ3n) is 2.19. The summed E-state index contributed by atoms with van der Waals surface area (Å²) in [7, 11) is 0. The molecule has 0 atom stereocenters. The van der Waals surface area contributed by atoms with Crippen LogP contribution in [0.4, 0.5) is 0 Å². The van der Waals surface area contributed by atoms with Crippen LogP contribution < -0.4 is 0 Å². The molecule has 2 heterocycles. The number of ketones is 1. The first-order valence-corrected chi connectivity index (χ1v) is 6.14. The van der Waals surface area contributed by atoms with Gasteiger partial charge in [0.2, 0.25) is 0 Å². The molecule has 2 aromatic heterocycles. The Kier molecular flexibility index (Phi) is 3.08. The summed E-state index contributed by atoms with van der Waals surface area (Å²) in [5.74, 6) is 0.361. The minimum atomic E-state index is -0.244. The second kappa shape index (κ2) is 4.22. The first-order valence-electron chi connectivity index (χ1n) is 4.55. The van der Waals surface area contributed by atoms with Gasteiger partial charge in [-0.15, -0.1) is 0 Å². The lowest BCUT2D eigenvalue weighted by molar-refractivity contribution is 0.0979. The molecule has 0 aliphatic carbocycles. The van der Waals surface area contributed by atoms with Crippen LogP contribution in [0, 0.1) is 13.8 Å². The molecular formula is C11H8Br2O3. The number of carbonyl (C=O) groups is 1. The summed E-state index contributed by atoms with van der Waals surface area (Å²) in [6.07, 6.45) is 0. The van der Waals surface area contributed by atoms with Crippen molar-refractivity contribution < 1.29 is 13.6 Å². The van der Waals surface area contributed by atoms with Gasteiger partial charge in [-0.3, -0.25) is 4.79 Å². The van der Waals surface area contributed by atoms with Crippen LogP contribution in [0.2, 0.25) is 0 Å². The summed E-state index contributed by atoms with van der Waals surface area (Å²) < 4.78 is 11.7. The largest absolute Gasteiger partial charge is 0.445 e. The monoisotopic (exact) mass is 346 g/mol. The molecule has 5 heteroatoms. The first-order chi connectivity index (χ1) is 7.49. The van der Waals surface area contributed by atoms with Gasteiger partial charge in [0.25, 0.3) is 5.78 Å². The van der Waals surface area contributed by atoms with Crippen LogP contribution in [-0.4, -0.2) is 5.78 Å². The van der Waals surface area contributed by atoms with Crippen molar-refractivity contribution in [2.24, 2.45) is 0 Å². The maximum atomic E-state index is 12.1. The highest BCUT2D eigenvalue weighted by atomic mass is 79.9. The highest BCUT2D eigenvalue weighted by molar-refractivity contribution is 9.10. The van der Waals surface area contributed by atoms with Crippen molar-refractivity contribution in [3.05, 3.63) is 44.1 Å². The summed E-state index contributed by atoms with van der Waals surface area (Å²) in [6.45, 7) is 3.63. The smallest absolute Gasteiger partial charge is 0.263 e. The molecule has 2 rings (SSSR count). The Morgan fingerprint density at radius 2 is 1.38 bits per heavy atom. The van der Waals surface area contributed by atoms with Gasteiger partial charge in [0, 0.05) is 11.1 Å². The van der Waals surface area contributed by atoms with Crippen LogP contribution >= 0.6 is 31.9 Å². The number of hydrogen-bond donors (Lipinski definition) is 0. The fourth-order valence-electron chi connectivity index (χ4n) is 1.44. The van der Waals surface area contributed by atoms with Crippen molar-refractivity contribution in [2.75, 3.05) is 0 Å². The van der Waals surface area contributed by atoms with Crippen molar-refractivity contribution >= 4 is 37.6 Å². The van der Waals surface area contributed by atoms with Gasteiger partial charge in [0.15, 0.2) is 20.9 Å². The Morgan fingerprint density at radius 3 is 1.62 bits per heavy atom. The van der Waals surface area contributed by atoms with Crippen molar-refractivity contribution in [2.45, 2.75) is 13.8 Å². The van der Waals surface area contributed by atoms with Crippen molar-refractivity contribution in [3.8, 4) is 0 Å². The summed E-state index contributed by atoms with van der Waals surface area (Å²) in [5, 5.41) is 0. The van der Waals surface area contributed by atoms with E-state index in [1.807, 2.05) is 13.8 Å². The Bertz CT molecular complexity index is 503. The first kappa shape index (κ1) is 11.7. The van der Waals surface area contributed by atoms with E-state index in [9.17, 15) is 4.79 Å². The zero-order valence-corrected chi connectivity index (χ0v) is 11.8. The molecule has 0 bridgehead atoms. The van der Waals surface area contributed by atoms with E-state index in [4.69, 9.17) is 8.83 Å². The Morgan fingerprint density at radius 1 is 1.00 bits per heavy atom. The second-order valence-corrected chi connectivity index (χ2v) is 5.02. The Hall–Kier alpha value is -0.810. The normalized spacial score (nSPS) is 10.8. The molecule has 0 radical (unpaired) electrons. The average molecular weight is 348 g/mol. The number of carbonyl (C=O) groups excluding carboxylic acids is 1. The second-order valence-electron chi connectivity index (χ2n) is 3.45. The fraction of sp³-hybridized carbons (Fsp3) is 0.182. The fourth-order valence-corrected chi connectivity index (χ4v) is 2.45. The minimum absolute atomic E-state index is 0.244. The molecule has 2 aromatic rings. The van der Waals surface area contributed by atoms with Gasteiger partial charge < -0.3 is 8.83 Å². The molecule has 0 fully saturated rings. The van der Waals surface area contributed by atoms with Crippen LogP contribution in [0.5, 0.6) is 0 Å². The molecular weight excluding hydrogens is 340 g/mol. The van der Waals surface area contributed by atoms with E-state index in [-0.39, 0.29) is 5.78 Å². The van der Waals surface area contributed by atoms with Gasteiger partial charge in [-0.25, -0.2) is 0 Å². The highest BCUT2D eigenvalue weighted by Crippen LogP contribution is 2.26. The van der Waals surface area contributed by atoms with Crippen molar-refractivity contribution in [3.63, 3.8) is 0 Å². The van der Waals surface area contributed by atoms with Gasteiger partial charge in [0.1, 0.15) is 0 Å². The number of furan rings is 2. The summed E-state index contributed by atoms with van der Waals surface area (Å²) in [4.78, 5) is 12.1. The van der Waals surface area contributed by atoms with Crippen LogP contribution in [0.1, 0.15) is 27.4 Å². The Labute approximate surface area is 109 Å². The SMILES string of the molecule is Cc1cc(Br)oc1C(=O)c1oc(Br)cc1C. The van der Waals surface area contributed by atoms with E-state index in [0.717, 1.165) is 11.1 Å². The van der Waals surface area contributed by atoms with E-state index < -0.39 is 0 Å². The predicted molar refractivity (Wildman–Crippen MR) is 65.7 cm³/mol. The molecule has 0 aliphatic heterocycles. The van der Waals surface area contributed by atoms with E-state index >= 15 is 0 Å². The quantitative estimate of drug-likeness (QED) is 0.763. The van der Waals surface area contributed by atoms with Gasteiger partial charge >= 0.3 is 0 Å². The Balaban J connectivity index is 2.46. The van der Waals surface area contributed by atoms with Crippen LogP contribution in [0.15, 0.2) is 30.3 Å². The van der Waals surface area contributed by atoms with Gasteiger partial charge in [-0.05, 0) is 57.8 Å². The molecule has 0 aromatic carbocycles. The topological polar surface area (TPSA) is 43.4 Å². The lowest BCUT2D eigenvalue weighted by Gasteiger charge is -1.96. The molecule has 0 amide bonds. The maximum absolute atomic E-state index is 12.1. The van der Waals surface area contributed by atoms with E-state index in [2.05, 4.69) is 31.9 Å². The van der Waals surface area contributed by atoms with Crippen LogP contribution in [0.25, 0.3) is 0 Å². The number of hydrogen-bond acceptors (Lipinski definition) is 3. The van der Waals surface area contributed by atoms with E-state index in [1.165, 1.54) is 0 Å². The molecule has 0 saturated carbocycles.